The fourth-order valence-electron chi connectivity index (χ4n) is 1.06. The molecule has 0 saturated carbocycles. The van der Waals surface area contributed by atoms with Gasteiger partial charge in [-0.05, 0) is 26.3 Å². The van der Waals surface area contributed by atoms with Gasteiger partial charge in [0, 0.05) is 11.8 Å². The van der Waals surface area contributed by atoms with Crippen molar-refractivity contribution in [2.24, 2.45) is 0 Å². The van der Waals surface area contributed by atoms with Crippen LogP contribution in [0, 0.1) is 6.92 Å². The summed E-state index contributed by atoms with van der Waals surface area (Å²) in [6.07, 6.45) is 4.42. The topological polar surface area (TPSA) is 30.0 Å². The van der Waals surface area contributed by atoms with E-state index in [2.05, 4.69) is 4.98 Å². The Kier molecular flexibility index (Phi) is 3.83. The van der Waals surface area contributed by atoms with Crippen LogP contribution in [-0.2, 0) is 4.79 Å². The van der Waals surface area contributed by atoms with Crippen molar-refractivity contribution in [1.82, 2.24) is 4.98 Å². The molecule has 0 N–H and O–H groups in total. The molecule has 0 bridgehead atoms. The minimum absolute atomic E-state index is 0.603. The SMILES string of the molecule is C/C(=C\c1csc(C)n1)CCC=O. The van der Waals surface area contributed by atoms with Crippen LogP contribution in [0.1, 0.15) is 30.5 Å². The van der Waals surface area contributed by atoms with E-state index in [9.17, 15) is 4.79 Å². The Morgan fingerprint density at radius 3 is 3.00 bits per heavy atom. The Hall–Kier alpha value is -0.960. The molecule has 70 valence electrons. The third-order valence-electron chi connectivity index (χ3n) is 1.69. The van der Waals surface area contributed by atoms with E-state index < -0.39 is 0 Å². The maximum atomic E-state index is 10.1. The van der Waals surface area contributed by atoms with E-state index in [1.165, 1.54) is 5.57 Å². The molecule has 2 nitrogen and oxygen atoms in total. The van der Waals surface area contributed by atoms with E-state index in [0.29, 0.717) is 6.42 Å². The first-order valence-electron chi connectivity index (χ1n) is 4.25. The van der Waals surface area contributed by atoms with Crippen LogP contribution >= 0.6 is 11.3 Å². The summed E-state index contributed by atoms with van der Waals surface area (Å²) in [5.74, 6) is 0. The number of carbonyl (C=O) groups excluding carboxylic acids is 1. The molecule has 1 aromatic heterocycles. The maximum Gasteiger partial charge on any atom is 0.120 e. The predicted molar refractivity (Wildman–Crippen MR) is 55.8 cm³/mol. The average molecular weight is 195 g/mol. The summed E-state index contributed by atoms with van der Waals surface area (Å²) in [6.45, 7) is 4.01. The van der Waals surface area contributed by atoms with Gasteiger partial charge < -0.3 is 4.79 Å². The molecular formula is C10H13NOS. The highest BCUT2D eigenvalue weighted by molar-refractivity contribution is 7.09. The molecule has 0 aliphatic carbocycles. The molecule has 1 aromatic rings. The Bertz CT molecular complexity index is 314. The van der Waals surface area contributed by atoms with Gasteiger partial charge in [-0.25, -0.2) is 4.98 Å². The Balaban J connectivity index is 2.59. The third-order valence-corrected chi connectivity index (χ3v) is 2.48. The molecule has 13 heavy (non-hydrogen) atoms. The van der Waals surface area contributed by atoms with Gasteiger partial charge in [0.05, 0.1) is 10.7 Å². The van der Waals surface area contributed by atoms with Crippen LogP contribution in [0.25, 0.3) is 6.08 Å². The second kappa shape index (κ2) is 4.92. The van der Waals surface area contributed by atoms with Crippen molar-refractivity contribution in [1.29, 1.82) is 0 Å². The molecule has 0 aliphatic heterocycles. The third kappa shape index (κ3) is 3.51. The molecule has 1 heterocycles. The summed E-state index contributed by atoms with van der Waals surface area (Å²) in [6, 6.07) is 0. The number of hydrogen-bond acceptors (Lipinski definition) is 3. The molecule has 0 aromatic carbocycles. The summed E-state index contributed by atoms with van der Waals surface area (Å²) in [5.41, 5.74) is 2.21. The van der Waals surface area contributed by atoms with Gasteiger partial charge in [-0.2, -0.15) is 0 Å². The molecule has 0 fully saturated rings. The summed E-state index contributed by atoms with van der Waals surface area (Å²) in [5, 5.41) is 3.11. The molecule has 0 aliphatic rings. The largest absolute Gasteiger partial charge is 0.303 e. The molecule has 0 unspecified atom stereocenters. The van der Waals surface area contributed by atoms with E-state index in [0.717, 1.165) is 23.4 Å². The Labute approximate surface area is 82.3 Å². The van der Waals surface area contributed by atoms with Crippen molar-refractivity contribution in [2.75, 3.05) is 0 Å². The predicted octanol–water partition coefficient (Wildman–Crippen LogP) is 2.83. The summed E-state index contributed by atoms with van der Waals surface area (Å²) < 4.78 is 0. The number of aldehydes is 1. The lowest BCUT2D eigenvalue weighted by molar-refractivity contribution is -0.107. The van der Waals surface area contributed by atoms with Gasteiger partial charge in [-0.1, -0.05) is 5.57 Å². The van der Waals surface area contributed by atoms with Crippen molar-refractivity contribution >= 4 is 23.7 Å². The quantitative estimate of drug-likeness (QED) is 0.691. The van der Waals surface area contributed by atoms with E-state index in [1.54, 1.807) is 11.3 Å². The zero-order valence-corrected chi connectivity index (χ0v) is 8.73. The van der Waals surface area contributed by atoms with Crippen LogP contribution in [0.15, 0.2) is 11.0 Å². The second-order valence-electron chi connectivity index (χ2n) is 2.99. The van der Waals surface area contributed by atoms with Crippen LogP contribution in [0.4, 0.5) is 0 Å². The van der Waals surface area contributed by atoms with Gasteiger partial charge in [-0.15, -0.1) is 11.3 Å². The molecule has 0 amide bonds. The highest BCUT2D eigenvalue weighted by Gasteiger charge is 1.95. The standard InChI is InChI=1S/C10H13NOS/c1-8(4-3-5-12)6-10-7-13-9(2)11-10/h5-7H,3-4H2,1-2H3/b8-6+. The minimum Gasteiger partial charge on any atom is -0.303 e. The number of carbonyl (C=O) groups is 1. The highest BCUT2D eigenvalue weighted by Crippen LogP contribution is 2.13. The highest BCUT2D eigenvalue weighted by atomic mass is 32.1. The van der Waals surface area contributed by atoms with Crippen LogP contribution in [0.5, 0.6) is 0 Å². The molecule has 0 atom stereocenters. The molecule has 0 radical (unpaired) electrons. The number of allylic oxidation sites excluding steroid dienone is 1. The van der Waals surface area contributed by atoms with Crippen LogP contribution < -0.4 is 0 Å². The number of aryl methyl sites for hydroxylation is 1. The summed E-state index contributed by atoms with van der Waals surface area (Å²) in [7, 11) is 0. The van der Waals surface area contributed by atoms with Crippen LogP contribution in [-0.4, -0.2) is 11.3 Å². The number of hydrogen-bond donors (Lipinski definition) is 0. The fraction of sp³-hybridized carbons (Fsp3) is 0.400. The smallest absolute Gasteiger partial charge is 0.120 e. The summed E-state index contributed by atoms with van der Waals surface area (Å²) >= 11 is 1.64. The van der Waals surface area contributed by atoms with Crippen molar-refractivity contribution in [3.05, 3.63) is 21.7 Å². The number of rotatable bonds is 4. The fourth-order valence-corrected chi connectivity index (χ4v) is 1.63. The van der Waals surface area contributed by atoms with Crippen molar-refractivity contribution < 1.29 is 4.79 Å². The minimum atomic E-state index is 0.603. The van der Waals surface area contributed by atoms with Crippen molar-refractivity contribution in [3.63, 3.8) is 0 Å². The molecule has 1 rings (SSSR count). The van der Waals surface area contributed by atoms with E-state index >= 15 is 0 Å². The monoisotopic (exact) mass is 195 g/mol. The van der Waals surface area contributed by atoms with Crippen LogP contribution in [0.2, 0.25) is 0 Å². The molecule has 3 heteroatoms. The van der Waals surface area contributed by atoms with E-state index in [1.807, 2.05) is 25.3 Å². The van der Waals surface area contributed by atoms with E-state index in [-0.39, 0.29) is 0 Å². The number of aromatic nitrogens is 1. The van der Waals surface area contributed by atoms with Gasteiger partial charge in [0.1, 0.15) is 6.29 Å². The average Bonchev–Trinajstić information content (AvgIpc) is 2.48. The van der Waals surface area contributed by atoms with Gasteiger partial charge in [0.15, 0.2) is 0 Å². The lowest BCUT2D eigenvalue weighted by Crippen LogP contribution is -1.80. The first-order chi connectivity index (χ1) is 6.22. The maximum absolute atomic E-state index is 10.1. The zero-order chi connectivity index (χ0) is 9.68. The van der Waals surface area contributed by atoms with Gasteiger partial charge in [0.2, 0.25) is 0 Å². The number of thiazole rings is 1. The van der Waals surface area contributed by atoms with Gasteiger partial charge >= 0.3 is 0 Å². The lowest BCUT2D eigenvalue weighted by Gasteiger charge is -1.94. The second-order valence-corrected chi connectivity index (χ2v) is 4.05. The van der Waals surface area contributed by atoms with Crippen molar-refractivity contribution in [3.8, 4) is 0 Å². The van der Waals surface area contributed by atoms with Gasteiger partial charge in [0.25, 0.3) is 0 Å². The van der Waals surface area contributed by atoms with Gasteiger partial charge in [-0.3, -0.25) is 0 Å². The molecular weight excluding hydrogens is 182 g/mol. The summed E-state index contributed by atoms with van der Waals surface area (Å²) in [4.78, 5) is 14.4. The van der Waals surface area contributed by atoms with Crippen LogP contribution in [0.3, 0.4) is 0 Å². The first-order valence-corrected chi connectivity index (χ1v) is 5.13. The first kappa shape index (κ1) is 10.1. The van der Waals surface area contributed by atoms with Crippen molar-refractivity contribution in [2.45, 2.75) is 26.7 Å². The Morgan fingerprint density at radius 2 is 2.46 bits per heavy atom. The number of nitrogens with zero attached hydrogens (tertiary/aromatic N) is 1. The van der Waals surface area contributed by atoms with E-state index in [4.69, 9.17) is 0 Å². The lowest BCUT2D eigenvalue weighted by atomic mass is 10.1. The molecule has 0 spiro atoms. The Morgan fingerprint density at radius 1 is 1.69 bits per heavy atom. The normalized spacial score (nSPS) is 11.7. The zero-order valence-electron chi connectivity index (χ0n) is 7.91. The molecule has 0 saturated heterocycles.